The molecule has 0 amide bonds. The van der Waals surface area contributed by atoms with Gasteiger partial charge >= 0.3 is 0 Å². The molecule has 0 aromatic carbocycles. The van der Waals surface area contributed by atoms with Gasteiger partial charge in [-0.1, -0.05) is 24.5 Å². The fourth-order valence-electron chi connectivity index (χ4n) is 0.449. The minimum Gasteiger partial charge on any atom is -0.377 e. The van der Waals surface area contributed by atoms with Gasteiger partial charge < -0.3 is 5.11 Å². The van der Waals surface area contributed by atoms with Gasteiger partial charge in [-0.15, -0.1) is 23.5 Å². The summed E-state index contributed by atoms with van der Waals surface area (Å²) in [5, 5.41) is 9.10. The average Bonchev–Trinajstić information content (AvgIpc) is 2.13. The zero-order chi connectivity index (χ0) is 9.61. The Hall–Kier alpha value is -0.0400. The van der Waals surface area contributed by atoms with E-state index >= 15 is 0 Å². The Balaban J connectivity index is 4.33. The molecule has 0 rings (SSSR count). The number of aliphatic hydroxyl groups is 1. The van der Waals surface area contributed by atoms with E-state index in [1.54, 1.807) is 23.5 Å². The smallest absolute Gasteiger partial charge is 0.133 e. The van der Waals surface area contributed by atoms with E-state index in [9.17, 15) is 0 Å². The number of rotatable bonds is 3. The SMILES string of the molecule is C=CC(O)C#CC(C)(SC)SC. The maximum Gasteiger partial charge on any atom is 0.133 e. The zero-order valence-corrected chi connectivity index (χ0v) is 9.26. The highest BCUT2D eigenvalue weighted by Gasteiger charge is 2.17. The minimum absolute atomic E-state index is 0.121. The Kier molecular flexibility index (Phi) is 5.56. The molecule has 0 aromatic heterocycles. The predicted molar refractivity (Wildman–Crippen MR) is 59.4 cm³/mol. The van der Waals surface area contributed by atoms with Gasteiger partial charge in [-0.3, -0.25) is 0 Å². The van der Waals surface area contributed by atoms with Crippen LogP contribution in [0.1, 0.15) is 6.92 Å². The lowest BCUT2D eigenvalue weighted by Gasteiger charge is -2.17. The van der Waals surface area contributed by atoms with E-state index in [-0.39, 0.29) is 4.08 Å². The Bertz CT molecular complexity index is 198. The fraction of sp³-hybridized carbons (Fsp3) is 0.556. The van der Waals surface area contributed by atoms with Crippen LogP contribution >= 0.6 is 23.5 Å². The van der Waals surface area contributed by atoms with Crippen LogP contribution in [0.25, 0.3) is 0 Å². The summed E-state index contributed by atoms with van der Waals surface area (Å²) in [6.45, 7) is 5.48. The van der Waals surface area contributed by atoms with Crippen LogP contribution in [0.2, 0.25) is 0 Å². The van der Waals surface area contributed by atoms with Crippen molar-refractivity contribution in [1.29, 1.82) is 0 Å². The number of hydrogen-bond donors (Lipinski definition) is 1. The van der Waals surface area contributed by atoms with Crippen LogP contribution in [0.3, 0.4) is 0 Å². The molecule has 0 aliphatic carbocycles. The molecule has 0 spiro atoms. The molecular formula is C9H14OS2. The highest BCUT2D eigenvalue weighted by atomic mass is 32.2. The van der Waals surface area contributed by atoms with Crippen molar-refractivity contribution in [2.24, 2.45) is 0 Å². The van der Waals surface area contributed by atoms with E-state index in [1.165, 1.54) is 6.08 Å². The number of aliphatic hydroxyl groups excluding tert-OH is 1. The summed E-state index contributed by atoms with van der Waals surface area (Å²) in [5.41, 5.74) is 0. The van der Waals surface area contributed by atoms with Crippen LogP contribution in [0, 0.1) is 11.8 Å². The summed E-state index contributed by atoms with van der Waals surface area (Å²) in [5.74, 6) is 5.72. The Morgan fingerprint density at radius 3 is 2.33 bits per heavy atom. The summed E-state index contributed by atoms with van der Waals surface area (Å²) in [4.78, 5) is 0. The molecule has 1 unspecified atom stereocenters. The molecule has 1 N–H and O–H groups in total. The number of hydrogen-bond acceptors (Lipinski definition) is 3. The van der Waals surface area contributed by atoms with E-state index in [0.717, 1.165) is 0 Å². The van der Waals surface area contributed by atoms with Gasteiger partial charge in [0.05, 0.1) is 0 Å². The fourth-order valence-corrected chi connectivity index (χ4v) is 1.44. The third kappa shape index (κ3) is 4.10. The van der Waals surface area contributed by atoms with E-state index in [0.29, 0.717) is 0 Å². The summed E-state index contributed by atoms with van der Waals surface area (Å²) in [6.07, 6.45) is 4.73. The molecule has 3 heteroatoms. The second-order valence-corrected chi connectivity index (χ2v) is 5.01. The molecule has 0 fully saturated rings. The van der Waals surface area contributed by atoms with Crippen LogP contribution < -0.4 is 0 Å². The highest BCUT2D eigenvalue weighted by Crippen LogP contribution is 2.31. The molecule has 0 aromatic rings. The van der Waals surface area contributed by atoms with Gasteiger partial charge in [0.15, 0.2) is 0 Å². The lowest BCUT2D eigenvalue weighted by molar-refractivity contribution is 0.281. The summed E-state index contributed by atoms with van der Waals surface area (Å²) < 4.78 is -0.121. The third-order valence-electron chi connectivity index (χ3n) is 1.45. The standard InChI is InChI=1S/C9H14OS2/c1-5-8(10)6-7-9(2,11-3)12-4/h5,8,10H,1H2,2-4H3. The van der Waals surface area contributed by atoms with Gasteiger partial charge in [-0.25, -0.2) is 0 Å². The molecule has 0 saturated carbocycles. The molecule has 12 heavy (non-hydrogen) atoms. The second kappa shape index (κ2) is 5.58. The van der Waals surface area contributed by atoms with Crippen molar-refractivity contribution in [2.45, 2.75) is 17.1 Å². The highest BCUT2D eigenvalue weighted by molar-refractivity contribution is 8.18. The first kappa shape index (κ1) is 12.0. The van der Waals surface area contributed by atoms with Crippen LogP contribution in [-0.2, 0) is 0 Å². The lowest BCUT2D eigenvalue weighted by Crippen LogP contribution is -2.11. The van der Waals surface area contributed by atoms with Crippen LogP contribution in [0.5, 0.6) is 0 Å². The third-order valence-corrected chi connectivity index (χ3v) is 4.21. The van der Waals surface area contributed by atoms with Gasteiger partial charge in [-0.2, -0.15) is 0 Å². The first-order valence-corrected chi connectivity index (χ1v) is 5.96. The molecule has 0 aliphatic heterocycles. The van der Waals surface area contributed by atoms with Crippen molar-refractivity contribution < 1.29 is 5.11 Å². The molecule has 1 atom stereocenters. The van der Waals surface area contributed by atoms with Crippen molar-refractivity contribution in [1.82, 2.24) is 0 Å². The predicted octanol–water partition coefficient (Wildman–Crippen LogP) is 1.98. The molecule has 0 heterocycles. The van der Waals surface area contributed by atoms with Crippen molar-refractivity contribution in [3.8, 4) is 11.8 Å². The molecule has 0 aliphatic rings. The summed E-state index contributed by atoms with van der Waals surface area (Å²) in [7, 11) is 0. The van der Waals surface area contributed by atoms with Gasteiger partial charge in [-0.05, 0) is 19.4 Å². The molecule has 1 nitrogen and oxygen atoms in total. The van der Waals surface area contributed by atoms with Crippen LogP contribution in [0.15, 0.2) is 12.7 Å². The Labute approximate surface area is 83.0 Å². The van der Waals surface area contributed by atoms with Gasteiger partial charge in [0.2, 0.25) is 0 Å². The summed E-state index contributed by atoms with van der Waals surface area (Å²) in [6, 6.07) is 0. The normalized spacial score (nSPS) is 13.0. The zero-order valence-electron chi connectivity index (χ0n) is 7.63. The van der Waals surface area contributed by atoms with E-state index < -0.39 is 6.10 Å². The van der Waals surface area contributed by atoms with Gasteiger partial charge in [0.1, 0.15) is 10.2 Å². The molecular weight excluding hydrogens is 188 g/mol. The summed E-state index contributed by atoms with van der Waals surface area (Å²) >= 11 is 3.34. The lowest BCUT2D eigenvalue weighted by atomic mass is 10.3. The first-order valence-electron chi connectivity index (χ1n) is 3.51. The Morgan fingerprint density at radius 2 is 2.00 bits per heavy atom. The largest absolute Gasteiger partial charge is 0.377 e. The molecule has 0 bridgehead atoms. The first-order chi connectivity index (χ1) is 5.58. The van der Waals surface area contributed by atoms with Crippen molar-refractivity contribution in [3.05, 3.63) is 12.7 Å². The minimum atomic E-state index is -0.705. The van der Waals surface area contributed by atoms with Crippen molar-refractivity contribution in [2.75, 3.05) is 12.5 Å². The van der Waals surface area contributed by atoms with Crippen molar-refractivity contribution in [3.63, 3.8) is 0 Å². The second-order valence-electron chi connectivity index (χ2n) is 2.30. The topological polar surface area (TPSA) is 20.2 Å². The number of thioether (sulfide) groups is 2. The maximum absolute atomic E-state index is 9.10. The van der Waals surface area contributed by atoms with E-state index in [1.807, 2.05) is 19.4 Å². The van der Waals surface area contributed by atoms with Gasteiger partial charge in [0.25, 0.3) is 0 Å². The van der Waals surface area contributed by atoms with Crippen LogP contribution in [0.4, 0.5) is 0 Å². The van der Waals surface area contributed by atoms with E-state index in [2.05, 4.69) is 18.4 Å². The average molecular weight is 202 g/mol. The van der Waals surface area contributed by atoms with Gasteiger partial charge in [0, 0.05) is 0 Å². The quantitative estimate of drug-likeness (QED) is 0.429. The molecule has 0 saturated heterocycles. The van der Waals surface area contributed by atoms with Crippen molar-refractivity contribution >= 4 is 23.5 Å². The van der Waals surface area contributed by atoms with E-state index in [4.69, 9.17) is 5.11 Å². The van der Waals surface area contributed by atoms with Crippen LogP contribution in [-0.4, -0.2) is 27.8 Å². The maximum atomic E-state index is 9.10. The molecule has 0 radical (unpaired) electrons. The molecule has 68 valence electrons. The Morgan fingerprint density at radius 1 is 1.50 bits per heavy atom. The monoisotopic (exact) mass is 202 g/mol.